The average molecular weight is 174 g/mol. The zero-order valence-electron chi connectivity index (χ0n) is 6.24. The quantitative estimate of drug-likeness (QED) is 0.557. The summed E-state index contributed by atoms with van der Waals surface area (Å²) in [5.41, 5.74) is 2.20. The molecular formula is C9H6N2S. The molecule has 3 heteroatoms. The summed E-state index contributed by atoms with van der Waals surface area (Å²) in [7, 11) is 0. The van der Waals surface area contributed by atoms with E-state index in [2.05, 4.69) is 27.5 Å². The average Bonchev–Trinajstić information content (AvgIpc) is 2.71. The minimum absolute atomic E-state index is 1.05. The number of aromatic amines is 1. The Bertz CT molecular complexity index is 486. The van der Waals surface area contributed by atoms with Crippen molar-refractivity contribution >= 4 is 32.5 Å². The zero-order valence-corrected chi connectivity index (χ0v) is 7.06. The second-order valence-electron chi connectivity index (χ2n) is 2.70. The molecule has 1 aromatic carbocycles. The van der Waals surface area contributed by atoms with Crippen LogP contribution in [-0.4, -0.2) is 9.97 Å². The van der Waals surface area contributed by atoms with Gasteiger partial charge in [0.15, 0.2) is 0 Å². The minimum Gasteiger partial charge on any atom is -0.343 e. The van der Waals surface area contributed by atoms with Crippen molar-refractivity contribution in [2.24, 2.45) is 0 Å². The molecule has 0 amide bonds. The minimum atomic E-state index is 1.05. The van der Waals surface area contributed by atoms with Crippen molar-refractivity contribution in [3.05, 3.63) is 29.9 Å². The van der Waals surface area contributed by atoms with Crippen molar-refractivity contribution in [1.82, 2.24) is 9.97 Å². The Morgan fingerprint density at radius 3 is 3.25 bits per heavy atom. The van der Waals surface area contributed by atoms with E-state index < -0.39 is 0 Å². The predicted molar refractivity (Wildman–Crippen MR) is 51.5 cm³/mol. The number of thiophene rings is 1. The van der Waals surface area contributed by atoms with Crippen LogP contribution in [0.4, 0.5) is 0 Å². The zero-order chi connectivity index (χ0) is 7.97. The number of imidazole rings is 1. The molecule has 0 saturated heterocycles. The van der Waals surface area contributed by atoms with Crippen LogP contribution < -0.4 is 0 Å². The Labute approximate surface area is 72.9 Å². The highest BCUT2D eigenvalue weighted by atomic mass is 32.1. The number of benzene rings is 1. The smallest absolute Gasteiger partial charge is 0.0932 e. The lowest BCUT2D eigenvalue weighted by atomic mass is 10.2. The molecule has 0 aliphatic carbocycles. The van der Waals surface area contributed by atoms with E-state index in [9.17, 15) is 0 Å². The molecule has 0 unspecified atom stereocenters. The number of aromatic nitrogens is 2. The summed E-state index contributed by atoms with van der Waals surface area (Å²) in [5.74, 6) is 0. The molecule has 0 aliphatic rings. The van der Waals surface area contributed by atoms with E-state index in [4.69, 9.17) is 0 Å². The van der Waals surface area contributed by atoms with Crippen LogP contribution in [0.2, 0.25) is 0 Å². The second-order valence-corrected chi connectivity index (χ2v) is 3.62. The Hall–Kier alpha value is -1.35. The number of hydrogen-bond acceptors (Lipinski definition) is 2. The summed E-state index contributed by atoms with van der Waals surface area (Å²) in [6.07, 6.45) is 1.74. The third kappa shape index (κ3) is 0.662. The van der Waals surface area contributed by atoms with Gasteiger partial charge in [0.25, 0.3) is 0 Å². The van der Waals surface area contributed by atoms with Gasteiger partial charge in [0, 0.05) is 0 Å². The van der Waals surface area contributed by atoms with E-state index in [1.165, 1.54) is 10.1 Å². The van der Waals surface area contributed by atoms with Crippen molar-refractivity contribution in [3.8, 4) is 0 Å². The first-order valence-corrected chi connectivity index (χ1v) is 4.62. The van der Waals surface area contributed by atoms with Gasteiger partial charge in [-0.1, -0.05) is 6.07 Å². The van der Waals surface area contributed by atoms with E-state index in [0.717, 1.165) is 11.0 Å². The van der Waals surface area contributed by atoms with Crippen LogP contribution in [0.25, 0.3) is 21.1 Å². The fourth-order valence-electron chi connectivity index (χ4n) is 1.44. The van der Waals surface area contributed by atoms with Gasteiger partial charge < -0.3 is 4.98 Å². The fraction of sp³-hybridized carbons (Fsp3) is 0. The maximum absolute atomic E-state index is 4.20. The monoisotopic (exact) mass is 174 g/mol. The van der Waals surface area contributed by atoms with Gasteiger partial charge in [-0.3, -0.25) is 0 Å². The Morgan fingerprint density at radius 1 is 1.25 bits per heavy atom. The lowest BCUT2D eigenvalue weighted by Gasteiger charge is -1.89. The third-order valence-electron chi connectivity index (χ3n) is 2.01. The van der Waals surface area contributed by atoms with E-state index in [1.807, 2.05) is 6.07 Å². The Balaban J connectivity index is 2.71. The molecule has 0 spiro atoms. The van der Waals surface area contributed by atoms with Crippen LogP contribution in [0, 0.1) is 0 Å². The number of rotatable bonds is 0. The van der Waals surface area contributed by atoms with Gasteiger partial charge in [0.05, 0.1) is 22.1 Å². The van der Waals surface area contributed by atoms with E-state index in [1.54, 1.807) is 17.7 Å². The van der Waals surface area contributed by atoms with Crippen molar-refractivity contribution in [2.45, 2.75) is 0 Å². The SMILES string of the molecule is c1nc2ccc3ccsc3c2[nH]1. The Kier molecular flexibility index (Phi) is 1.07. The Morgan fingerprint density at radius 2 is 2.25 bits per heavy atom. The van der Waals surface area contributed by atoms with Crippen molar-refractivity contribution in [2.75, 3.05) is 0 Å². The molecule has 0 radical (unpaired) electrons. The molecule has 1 N–H and O–H groups in total. The molecule has 12 heavy (non-hydrogen) atoms. The lowest BCUT2D eigenvalue weighted by Crippen LogP contribution is -1.68. The molecular weight excluding hydrogens is 168 g/mol. The predicted octanol–water partition coefficient (Wildman–Crippen LogP) is 2.78. The van der Waals surface area contributed by atoms with Gasteiger partial charge >= 0.3 is 0 Å². The molecule has 0 fully saturated rings. The first kappa shape index (κ1) is 6.20. The summed E-state index contributed by atoms with van der Waals surface area (Å²) < 4.78 is 1.30. The van der Waals surface area contributed by atoms with Crippen LogP contribution in [-0.2, 0) is 0 Å². The van der Waals surface area contributed by atoms with Crippen LogP contribution in [0.5, 0.6) is 0 Å². The highest BCUT2D eigenvalue weighted by Crippen LogP contribution is 2.27. The highest BCUT2D eigenvalue weighted by molar-refractivity contribution is 7.18. The normalized spacial score (nSPS) is 11.3. The van der Waals surface area contributed by atoms with Crippen LogP contribution >= 0.6 is 11.3 Å². The summed E-state index contributed by atoms with van der Waals surface area (Å²) in [5, 5.41) is 3.39. The lowest BCUT2D eigenvalue weighted by molar-refractivity contribution is 1.35. The van der Waals surface area contributed by atoms with Crippen molar-refractivity contribution < 1.29 is 0 Å². The standard InChI is InChI=1S/C9H6N2S/c1-2-7-8(11-5-10-7)9-6(1)3-4-12-9/h1-5H,(H,10,11). The van der Waals surface area contributed by atoms with Crippen molar-refractivity contribution in [1.29, 1.82) is 0 Å². The molecule has 0 atom stereocenters. The number of nitrogens with zero attached hydrogens (tertiary/aromatic N) is 1. The number of H-pyrrole nitrogens is 1. The molecule has 3 aromatic rings. The summed E-state index contributed by atoms with van der Waals surface area (Å²) in [6.45, 7) is 0. The number of nitrogens with one attached hydrogen (secondary N) is 1. The third-order valence-corrected chi connectivity index (χ3v) is 2.96. The molecule has 2 heterocycles. The van der Waals surface area contributed by atoms with Gasteiger partial charge in [-0.2, -0.15) is 0 Å². The molecule has 2 aromatic heterocycles. The largest absolute Gasteiger partial charge is 0.343 e. The van der Waals surface area contributed by atoms with Gasteiger partial charge in [0.1, 0.15) is 0 Å². The van der Waals surface area contributed by atoms with Crippen molar-refractivity contribution in [3.63, 3.8) is 0 Å². The fourth-order valence-corrected chi connectivity index (χ4v) is 2.34. The van der Waals surface area contributed by atoms with Crippen LogP contribution in [0.3, 0.4) is 0 Å². The topological polar surface area (TPSA) is 28.7 Å². The molecule has 3 rings (SSSR count). The molecule has 58 valence electrons. The van der Waals surface area contributed by atoms with Gasteiger partial charge in [-0.15, -0.1) is 11.3 Å². The van der Waals surface area contributed by atoms with Crippen LogP contribution in [0.15, 0.2) is 29.9 Å². The summed E-state index contributed by atoms with van der Waals surface area (Å²) in [4.78, 5) is 7.35. The highest BCUT2D eigenvalue weighted by Gasteiger charge is 2.01. The summed E-state index contributed by atoms with van der Waals surface area (Å²) in [6, 6.07) is 6.27. The summed E-state index contributed by atoms with van der Waals surface area (Å²) >= 11 is 1.75. The molecule has 0 saturated carbocycles. The first-order valence-electron chi connectivity index (χ1n) is 3.74. The van der Waals surface area contributed by atoms with E-state index in [0.29, 0.717) is 0 Å². The van der Waals surface area contributed by atoms with Crippen LogP contribution in [0.1, 0.15) is 0 Å². The molecule has 2 nitrogen and oxygen atoms in total. The maximum atomic E-state index is 4.20. The van der Waals surface area contributed by atoms with E-state index >= 15 is 0 Å². The number of fused-ring (bicyclic) bond motifs is 3. The molecule has 0 aliphatic heterocycles. The van der Waals surface area contributed by atoms with E-state index in [-0.39, 0.29) is 0 Å². The second kappa shape index (κ2) is 2.08. The number of hydrogen-bond donors (Lipinski definition) is 1. The van der Waals surface area contributed by atoms with Gasteiger partial charge in [0.2, 0.25) is 0 Å². The molecule has 0 bridgehead atoms. The maximum Gasteiger partial charge on any atom is 0.0932 e. The first-order chi connectivity index (χ1) is 5.95. The van der Waals surface area contributed by atoms with Gasteiger partial charge in [-0.05, 0) is 22.9 Å². The van der Waals surface area contributed by atoms with Gasteiger partial charge in [-0.25, -0.2) is 4.98 Å².